The minimum absolute atomic E-state index is 0.0142. The van der Waals surface area contributed by atoms with Crippen molar-refractivity contribution in [1.82, 2.24) is 0 Å². The van der Waals surface area contributed by atoms with Gasteiger partial charge in [0.1, 0.15) is 11.5 Å². The van der Waals surface area contributed by atoms with E-state index in [1.54, 1.807) is 0 Å². The van der Waals surface area contributed by atoms with Crippen molar-refractivity contribution in [3.05, 3.63) is 0 Å². The molecule has 2 heterocycles. The van der Waals surface area contributed by atoms with Gasteiger partial charge in [-0.1, -0.05) is 27.7 Å². The molecule has 0 N–H and O–H groups in total. The van der Waals surface area contributed by atoms with Crippen LogP contribution in [0.5, 0.6) is 0 Å². The van der Waals surface area contributed by atoms with E-state index >= 15 is 0 Å². The normalized spacial score (nSPS) is 65.0. The summed E-state index contributed by atoms with van der Waals surface area (Å²) in [6.07, 6.45) is 3.31. The molecule has 0 radical (unpaired) electrons. The lowest BCUT2D eigenvalue weighted by Crippen LogP contribution is -2.40. The topological polar surface area (TPSA) is 38.8 Å². The van der Waals surface area contributed by atoms with E-state index in [4.69, 9.17) is 9.47 Å². The van der Waals surface area contributed by atoms with E-state index in [2.05, 4.69) is 27.7 Å². The number of rotatable bonds is 0. The van der Waals surface area contributed by atoms with Crippen LogP contribution >= 0.6 is 0 Å². The number of carbonyl (C=O) groups excluding carboxylic acids is 1. The van der Waals surface area contributed by atoms with Crippen molar-refractivity contribution in [3.8, 4) is 0 Å². The van der Waals surface area contributed by atoms with Crippen LogP contribution in [0.4, 0.5) is 0 Å². The summed E-state index contributed by atoms with van der Waals surface area (Å²) in [5, 5.41) is 0. The van der Waals surface area contributed by atoms with E-state index in [1.807, 2.05) is 0 Å². The summed E-state index contributed by atoms with van der Waals surface area (Å²) in [5.41, 5.74) is 0.168. The number of hydrogen-bond acceptors (Lipinski definition) is 3. The van der Waals surface area contributed by atoms with Crippen LogP contribution < -0.4 is 0 Å². The van der Waals surface area contributed by atoms with Crippen molar-refractivity contribution >= 4 is 5.97 Å². The zero-order valence-electron chi connectivity index (χ0n) is 11.7. The van der Waals surface area contributed by atoms with Crippen LogP contribution in [0.3, 0.4) is 0 Å². The molecule has 3 nitrogen and oxygen atoms in total. The molecule has 3 heteroatoms. The van der Waals surface area contributed by atoms with Crippen LogP contribution in [-0.2, 0) is 14.3 Å². The van der Waals surface area contributed by atoms with Gasteiger partial charge in [-0.25, -0.2) is 0 Å². The lowest BCUT2D eigenvalue weighted by atomic mass is 9.64. The van der Waals surface area contributed by atoms with E-state index in [1.165, 1.54) is 12.8 Å². The highest BCUT2D eigenvalue weighted by Gasteiger charge is 2.80. The fraction of sp³-hybridized carbons (Fsp3) is 0.933. The van der Waals surface area contributed by atoms with Gasteiger partial charge in [0.2, 0.25) is 6.29 Å². The Morgan fingerprint density at radius 2 is 1.94 bits per heavy atom. The molecule has 4 aliphatic rings. The molecule has 4 rings (SSSR count). The monoisotopic (exact) mass is 250 g/mol. The molecule has 1 spiro atoms. The maximum Gasteiger partial charge on any atom is 0.317 e. The molecule has 0 aromatic heterocycles. The third-order valence-electron chi connectivity index (χ3n) is 7.44. The van der Waals surface area contributed by atoms with E-state index in [-0.39, 0.29) is 34.6 Å². The SMILES string of the molecule is CC1CCC2(C)C(C)C3(CC12C)C(=O)OC1OC13. The molecule has 2 saturated heterocycles. The molecule has 18 heavy (non-hydrogen) atoms. The Kier molecular flexibility index (Phi) is 1.75. The predicted molar refractivity (Wildman–Crippen MR) is 65.6 cm³/mol. The second-order valence-corrected chi connectivity index (χ2v) is 7.54. The van der Waals surface area contributed by atoms with Crippen LogP contribution in [0, 0.1) is 28.1 Å². The minimum Gasteiger partial charge on any atom is -0.432 e. The first-order valence-electron chi connectivity index (χ1n) is 7.23. The molecule has 2 saturated carbocycles. The molecule has 0 aromatic rings. The lowest BCUT2D eigenvalue weighted by Gasteiger charge is -2.40. The van der Waals surface area contributed by atoms with E-state index in [0.717, 1.165) is 6.42 Å². The summed E-state index contributed by atoms with van der Waals surface area (Å²) in [4.78, 5) is 12.4. The van der Waals surface area contributed by atoms with E-state index < -0.39 is 0 Å². The van der Waals surface area contributed by atoms with Gasteiger partial charge >= 0.3 is 5.97 Å². The summed E-state index contributed by atoms with van der Waals surface area (Å²) < 4.78 is 11.0. The fourth-order valence-corrected chi connectivity index (χ4v) is 5.58. The quantitative estimate of drug-likeness (QED) is 0.490. The first-order valence-corrected chi connectivity index (χ1v) is 7.23. The number of esters is 1. The smallest absolute Gasteiger partial charge is 0.317 e. The minimum atomic E-state index is -0.344. The van der Waals surface area contributed by atoms with Gasteiger partial charge in [0, 0.05) is 0 Å². The Bertz CT molecular complexity index is 445. The van der Waals surface area contributed by atoms with Gasteiger partial charge in [0.25, 0.3) is 0 Å². The van der Waals surface area contributed by atoms with Crippen molar-refractivity contribution in [2.45, 2.75) is 59.4 Å². The summed E-state index contributed by atoms with van der Waals surface area (Å²) in [5.74, 6) is 1.07. The molecule has 0 amide bonds. The van der Waals surface area contributed by atoms with Crippen molar-refractivity contribution < 1.29 is 14.3 Å². The molecule has 2 aliphatic heterocycles. The van der Waals surface area contributed by atoms with Crippen molar-refractivity contribution in [1.29, 1.82) is 0 Å². The molecule has 100 valence electrons. The molecule has 4 fully saturated rings. The van der Waals surface area contributed by atoms with E-state index in [0.29, 0.717) is 11.8 Å². The average molecular weight is 250 g/mol. The first kappa shape index (κ1) is 11.3. The van der Waals surface area contributed by atoms with Gasteiger partial charge in [0.05, 0.1) is 0 Å². The van der Waals surface area contributed by atoms with Crippen LogP contribution in [-0.4, -0.2) is 18.4 Å². The standard InChI is InChI=1S/C15H22O3/c1-8-5-6-13(3)9(2)15(7-14(8,13)4)10-11(17-10)18-12(15)16/h8-11H,5-7H2,1-4H3. The number of ether oxygens (including phenoxy) is 2. The Balaban J connectivity index is 1.85. The third-order valence-corrected chi connectivity index (χ3v) is 7.44. The summed E-state index contributed by atoms with van der Waals surface area (Å²) in [7, 11) is 0. The second kappa shape index (κ2) is 2.79. The van der Waals surface area contributed by atoms with Crippen LogP contribution in [0.15, 0.2) is 0 Å². The summed E-state index contributed by atoms with van der Waals surface area (Å²) in [6, 6.07) is 0. The molecule has 7 unspecified atom stereocenters. The van der Waals surface area contributed by atoms with Gasteiger partial charge in [-0.2, -0.15) is 0 Å². The van der Waals surface area contributed by atoms with Crippen molar-refractivity contribution in [2.24, 2.45) is 28.1 Å². The number of carbonyl (C=O) groups is 1. The van der Waals surface area contributed by atoms with Crippen LogP contribution in [0.25, 0.3) is 0 Å². The van der Waals surface area contributed by atoms with E-state index in [9.17, 15) is 4.79 Å². The van der Waals surface area contributed by atoms with Gasteiger partial charge in [0.15, 0.2) is 0 Å². The highest BCUT2D eigenvalue weighted by atomic mass is 16.8. The Labute approximate surface area is 108 Å². The Morgan fingerprint density at radius 3 is 2.50 bits per heavy atom. The third kappa shape index (κ3) is 0.880. The maximum absolute atomic E-state index is 12.4. The molecular weight excluding hydrogens is 228 g/mol. The largest absolute Gasteiger partial charge is 0.432 e. The lowest BCUT2D eigenvalue weighted by molar-refractivity contribution is -0.162. The molecular formula is C15H22O3. The summed E-state index contributed by atoms with van der Waals surface area (Å²) in [6.45, 7) is 9.38. The Morgan fingerprint density at radius 1 is 1.22 bits per heavy atom. The fourth-order valence-electron chi connectivity index (χ4n) is 5.58. The van der Waals surface area contributed by atoms with Crippen LogP contribution in [0.2, 0.25) is 0 Å². The predicted octanol–water partition coefficient (Wildman–Crippen LogP) is 2.74. The maximum atomic E-state index is 12.4. The van der Waals surface area contributed by atoms with Crippen molar-refractivity contribution in [3.63, 3.8) is 0 Å². The van der Waals surface area contributed by atoms with Crippen molar-refractivity contribution in [2.75, 3.05) is 0 Å². The van der Waals surface area contributed by atoms with Gasteiger partial charge in [-0.15, -0.1) is 0 Å². The zero-order valence-corrected chi connectivity index (χ0v) is 11.7. The summed E-state index contributed by atoms with van der Waals surface area (Å²) >= 11 is 0. The molecule has 0 bridgehead atoms. The van der Waals surface area contributed by atoms with Gasteiger partial charge in [-0.05, 0) is 41.9 Å². The first-order chi connectivity index (χ1) is 8.36. The highest BCUT2D eigenvalue weighted by molar-refractivity contribution is 5.82. The zero-order chi connectivity index (χ0) is 12.9. The van der Waals surface area contributed by atoms with Gasteiger partial charge < -0.3 is 9.47 Å². The van der Waals surface area contributed by atoms with Crippen LogP contribution in [0.1, 0.15) is 47.0 Å². The number of epoxide rings is 1. The highest BCUT2D eigenvalue weighted by Crippen LogP contribution is 2.76. The average Bonchev–Trinajstić information content (AvgIpc) is 2.94. The van der Waals surface area contributed by atoms with Gasteiger partial charge in [-0.3, -0.25) is 4.79 Å². The Hall–Kier alpha value is -0.570. The number of hydrogen-bond donors (Lipinski definition) is 0. The second-order valence-electron chi connectivity index (χ2n) is 7.54. The number of fused-ring (bicyclic) bond motifs is 3. The molecule has 0 aromatic carbocycles. The molecule has 7 atom stereocenters. The molecule has 2 aliphatic carbocycles.